The number of hydrogen-bond donors (Lipinski definition) is 1. The van der Waals surface area contributed by atoms with E-state index < -0.39 is 0 Å². The van der Waals surface area contributed by atoms with Gasteiger partial charge in [-0.15, -0.1) is 10.2 Å². The van der Waals surface area contributed by atoms with Gasteiger partial charge in [0.2, 0.25) is 5.91 Å². The molecule has 0 spiro atoms. The Balaban J connectivity index is 1.82. The second-order valence-electron chi connectivity index (χ2n) is 7.13. The number of aromatic nitrogens is 4. The summed E-state index contributed by atoms with van der Waals surface area (Å²) in [6, 6.07) is 9.98. The third-order valence-corrected chi connectivity index (χ3v) is 6.55. The van der Waals surface area contributed by atoms with Gasteiger partial charge < -0.3 is 5.32 Å². The van der Waals surface area contributed by atoms with Crippen LogP contribution in [0.25, 0.3) is 5.69 Å². The third-order valence-electron chi connectivity index (χ3n) is 4.77. The molecule has 31 heavy (non-hydrogen) atoms. The number of anilines is 1. The summed E-state index contributed by atoms with van der Waals surface area (Å²) in [5.74, 6) is 1.01. The van der Waals surface area contributed by atoms with Gasteiger partial charge in [-0.3, -0.25) is 14.3 Å². The molecule has 2 heterocycles. The molecule has 0 saturated heterocycles. The first-order chi connectivity index (χ1) is 14.8. The quantitative estimate of drug-likeness (QED) is 0.458. The fraction of sp³-hybridized carbons (Fsp3) is 0.333. The molecule has 3 rings (SSSR count). The van der Waals surface area contributed by atoms with E-state index in [1.165, 1.54) is 18.0 Å². The van der Waals surface area contributed by atoms with E-state index in [0.29, 0.717) is 20.8 Å². The number of carbonyl (C=O) groups excluding carboxylic acids is 1. The van der Waals surface area contributed by atoms with E-state index in [0.717, 1.165) is 17.9 Å². The van der Waals surface area contributed by atoms with E-state index in [1.54, 1.807) is 6.92 Å². The zero-order valence-corrected chi connectivity index (χ0v) is 20.1. The zero-order chi connectivity index (χ0) is 22.5. The fourth-order valence-corrected chi connectivity index (χ4v) is 4.28. The molecule has 164 valence electrons. The number of halogens is 2. The SMILES string of the molecule is CC[C@H](c1nnc(SCC(=O)Nc2ncc(Cl)c(C)c2Cl)n1-c1ccccc1)N(C)C. The van der Waals surface area contributed by atoms with Crippen molar-refractivity contribution >= 4 is 46.7 Å². The van der Waals surface area contributed by atoms with Gasteiger partial charge in [0.15, 0.2) is 16.8 Å². The Morgan fingerprint density at radius 3 is 2.58 bits per heavy atom. The lowest BCUT2D eigenvalue weighted by molar-refractivity contribution is -0.113. The lowest BCUT2D eigenvalue weighted by Crippen LogP contribution is -2.23. The summed E-state index contributed by atoms with van der Waals surface area (Å²) in [5, 5.41) is 13.0. The third kappa shape index (κ3) is 5.38. The van der Waals surface area contributed by atoms with E-state index in [2.05, 4.69) is 32.3 Å². The number of rotatable bonds is 8. The van der Waals surface area contributed by atoms with Gasteiger partial charge in [0.05, 0.1) is 21.8 Å². The van der Waals surface area contributed by atoms with Crippen LogP contribution in [0.5, 0.6) is 0 Å². The minimum atomic E-state index is -0.245. The monoisotopic (exact) mass is 478 g/mol. The Labute approximate surface area is 196 Å². The van der Waals surface area contributed by atoms with E-state index in [4.69, 9.17) is 23.2 Å². The minimum Gasteiger partial charge on any atom is -0.309 e. The first-order valence-electron chi connectivity index (χ1n) is 9.73. The summed E-state index contributed by atoms with van der Waals surface area (Å²) in [5.41, 5.74) is 1.62. The highest BCUT2D eigenvalue weighted by Crippen LogP contribution is 2.30. The highest BCUT2D eigenvalue weighted by Gasteiger charge is 2.23. The number of thioether (sulfide) groups is 1. The maximum Gasteiger partial charge on any atom is 0.236 e. The average molecular weight is 479 g/mol. The maximum absolute atomic E-state index is 12.6. The van der Waals surface area contributed by atoms with Crippen LogP contribution in [0.15, 0.2) is 41.7 Å². The van der Waals surface area contributed by atoms with Crippen LogP contribution in [0.4, 0.5) is 5.82 Å². The molecule has 0 fully saturated rings. The summed E-state index contributed by atoms with van der Waals surface area (Å²) in [6.07, 6.45) is 2.35. The van der Waals surface area contributed by atoms with E-state index >= 15 is 0 Å². The van der Waals surface area contributed by atoms with Gasteiger partial charge in [-0.05, 0) is 45.1 Å². The van der Waals surface area contributed by atoms with Gasteiger partial charge >= 0.3 is 0 Å². The van der Waals surface area contributed by atoms with Crippen LogP contribution in [-0.2, 0) is 4.79 Å². The number of hydrogen-bond acceptors (Lipinski definition) is 6. The van der Waals surface area contributed by atoms with Crippen LogP contribution in [0.1, 0.15) is 30.8 Å². The molecule has 1 aromatic carbocycles. The molecule has 3 aromatic rings. The van der Waals surface area contributed by atoms with E-state index in [9.17, 15) is 4.79 Å². The molecule has 1 atom stereocenters. The molecular weight excluding hydrogens is 455 g/mol. The standard InChI is InChI=1S/C21H24Cl2N6OS/c1-5-16(28(3)4)20-26-27-21(29(20)14-9-7-6-8-10-14)31-12-17(30)25-19-18(23)13(2)15(22)11-24-19/h6-11,16H,5,12H2,1-4H3,(H,24,25,30)/t16-/m1/s1. The Kier molecular flexibility index (Phi) is 7.94. The van der Waals surface area contributed by atoms with Crippen LogP contribution in [0, 0.1) is 6.92 Å². The van der Waals surface area contributed by atoms with Crippen molar-refractivity contribution in [2.75, 3.05) is 25.2 Å². The number of para-hydroxylation sites is 1. The number of carbonyl (C=O) groups is 1. The molecule has 0 unspecified atom stereocenters. The number of amides is 1. The van der Waals surface area contributed by atoms with Gasteiger partial charge in [-0.1, -0.05) is 60.1 Å². The Morgan fingerprint density at radius 1 is 1.23 bits per heavy atom. The Hall–Kier alpha value is -2.13. The lowest BCUT2D eigenvalue weighted by Gasteiger charge is -2.23. The average Bonchev–Trinajstić information content (AvgIpc) is 3.17. The summed E-state index contributed by atoms with van der Waals surface area (Å²) >= 11 is 13.6. The molecule has 0 aliphatic rings. The molecule has 0 aliphatic carbocycles. The Bertz CT molecular complexity index is 1060. The molecule has 0 radical (unpaired) electrons. The first kappa shape index (κ1) is 23.5. The number of benzene rings is 1. The van der Waals surface area contributed by atoms with Gasteiger partial charge in [-0.2, -0.15) is 0 Å². The minimum absolute atomic E-state index is 0.0935. The Morgan fingerprint density at radius 2 is 1.94 bits per heavy atom. The number of nitrogens with one attached hydrogen (secondary N) is 1. The van der Waals surface area contributed by atoms with Crippen LogP contribution >= 0.6 is 35.0 Å². The molecule has 1 N–H and O–H groups in total. The van der Waals surface area contributed by atoms with Crippen molar-refractivity contribution in [2.24, 2.45) is 0 Å². The largest absolute Gasteiger partial charge is 0.309 e. The summed E-state index contributed by atoms with van der Waals surface area (Å²) in [4.78, 5) is 18.8. The molecule has 10 heteroatoms. The number of pyridine rings is 1. The second-order valence-corrected chi connectivity index (χ2v) is 8.86. The van der Waals surface area contributed by atoms with E-state index in [-0.39, 0.29) is 23.5 Å². The van der Waals surface area contributed by atoms with Crippen LogP contribution in [0.3, 0.4) is 0 Å². The summed E-state index contributed by atoms with van der Waals surface area (Å²) in [7, 11) is 4.03. The molecule has 2 aromatic heterocycles. The summed E-state index contributed by atoms with van der Waals surface area (Å²) in [6.45, 7) is 3.88. The molecule has 0 aliphatic heterocycles. The van der Waals surface area contributed by atoms with Crippen molar-refractivity contribution < 1.29 is 4.79 Å². The van der Waals surface area contributed by atoms with Crippen molar-refractivity contribution in [3.8, 4) is 5.69 Å². The van der Waals surface area contributed by atoms with Crippen molar-refractivity contribution in [3.63, 3.8) is 0 Å². The molecule has 1 amide bonds. The van der Waals surface area contributed by atoms with Gasteiger partial charge in [0, 0.05) is 11.9 Å². The lowest BCUT2D eigenvalue weighted by atomic mass is 10.2. The smallest absolute Gasteiger partial charge is 0.236 e. The van der Waals surface area contributed by atoms with Crippen molar-refractivity contribution in [1.82, 2.24) is 24.6 Å². The van der Waals surface area contributed by atoms with Gasteiger partial charge in [0.25, 0.3) is 0 Å². The van der Waals surface area contributed by atoms with Crippen LogP contribution in [-0.4, -0.2) is 50.4 Å². The van der Waals surface area contributed by atoms with Gasteiger partial charge in [-0.25, -0.2) is 4.98 Å². The highest BCUT2D eigenvalue weighted by atomic mass is 35.5. The van der Waals surface area contributed by atoms with Gasteiger partial charge in [0.1, 0.15) is 0 Å². The van der Waals surface area contributed by atoms with Crippen molar-refractivity contribution in [3.05, 3.63) is 58.0 Å². The van der Waals surface area contributed by atoms with Crippen LogP contribution in [0.2, 0.25) is 10.0 Å². The predicted molar refractivity (Wildman–Crippen MR) is 126 cm³/mol. The summed E-state index contributed by atoms with van der Waals surface area (Å²) < 4.78 is 2.00. The van der Waals surface area contributed by atoms with Crippen LogP contribution < -0.4 is 5.32 Å². The van der Waals surface area contributed by atoms with Crippen molar-refractivity contribution in [1.29, 1.82) is 0 Å². The van der Waals surface area contributed by atoms with Crippen molar-refractivity contribution in [2.45, 2.75) is 31.5 Å². The fourth-order valence-electron chi connectivity index (χ4n) is 3.13. The zero-order valence-electron chi connectivity index (χ0n) is 17.8. The topological polar surface area (TPSA) is 75.9 Å². The molecule has 0 bridgehead atoms. The second kappa shape index (κ2) is 10.5. The molecular formula is C21H24Cl2N6OS. The maximum atomic E-state index is 12.6. The normalized spacial score (nSPS) is 12.2. The highest BCUT2D eigenvalue weighted by molar-refractivity contribution is 7.99. The first-order valence-corrected chi connectivity index (χ1v) is 11.5. The predicted octanol–water partition coefficient (Wildman–Crippen LogP) is 5.02. The molecule has 7 nitrogen and oxygen atoms in total. The molecule has 0 saturated carbocycles. The number of nitrogens with zero attached hydrogens (tertiary/aromatic N) is 5. The van der Waals surface area contributed by atoms with E-state index in [1.807, 2.05) is 49.0 Å².